The molecular weight excluding hydrogens is 458 g/mol. The molecule has 3 heterocycles. The predicted octanol–water partition coefficient (Wildman–Crippen LogP) is 5.46. The lowest BCUT2D eigenvalue weighted by atomic mass is 10.0. The fourth-order valence-electron chi connectivity index (χ4n) is 4.55. The number of allylic oxidation sites excluding steroid dienone is 1. The zero-order valence-electron chi connectivity index (χ0n) is 19.0. The molecule has 0 fully saturated rings. The number of pyridine rings is 1. The van der Waals surface area contributed by atoms with Crippen molar-refractivity contribution in [2.24, 2.45) is 0 Å². The number of thiazole rings is 1. The average Bonchev–Trinajstić information content (AvgIpc) is 3.50. The summed E-state index contributed by atoms with van der Waals surface area (Å²) in [7, 11) is 0. The standard InChI is InChI=1S/C28H21N3O3S/c1-17-6-8-18(9-7-17)14-19-10-11-22-25(21-4-2-3-5-23(21)30-26(19)22)27(33)34-16-20-15-24(32)31-12-13-35-28(31)29-20/h2-9,12-15H,10-11,16H2,1H3/b19-14+. The van der Waals surface area contributed by atoms with Crippen molar-refractivity contribution >= 4 is 44.8 Å². The molecule has 1 aliphatic carbocycles. The zero-order valence-corrected chi connectivity index (χ0v) is 19.8. The highest BCUT2D eigenvalue weighted by molar-refractivity contribution is 7.15. The van der Waals surface area contributed by atoms with Gasteiger partial charge >= 0.3 is 5.97 Å². The van der Waals surface area contributed by atoms with E-state index in [2.05, 4.69) is 42.2 Å². The normalized spacial score (nSPS) is 14.0. The van der Waals surface area contributed by atoms with Gasteiger partial charge in [-0.1, -0.05) is 48.0 Å². The Balaban J connectivity index is 1.37. The molecule has 0 bridgehead atoms. The maximum Gasteiger partial charge on any atom is 0.339 e. The van der Waals surface area contributed by atoms with E-state index in [-0.39, 0.29) is 12.2 Å². The summed E-state index contributed by atoms with van der Waals surface area (Å²) < 4.78 is 7.18. The molecule has 0 amide bonds. The van der Waals surface area contributed by atoms with Crippen molar-refractivity contribution in [3.05, 3.63) is 110 Å². The molecule has 0 spiro atoms. The van der Waals surface area contributed by atoms with E-state index < -0.39 is 5.97 Å². The van der Waals surface area contributed by atoms with E-state index in [1.165, 1.54) is 27.4 Å². The van der Waals surface area contributed by atoms with Crippen molar-refractivity contribution in [1.29, 1.82) is 0 Å². The fraction of sp³-hybridized carbons (Fsp3) is 0.143. The van der Waals surface area contributed by atoms with Crippen LogP contribution in [0.3, 0.4) is 0 Å². The molecule has 0 saturated carbocycles. The van der Waals surface area contributed by atoms with E-state index in [4.69, 9.17) is 9.72 Å². The number of aromatic nitrogens is 3. The Labute approximate surface area is 205 Å². The minimum atomic E-state index is -0.426. The average molecular weight is 480 g/mol. The van der Waals surface area contributed by atoms with E-state index in [1.54, 1.807) is 11.6 Å². The number of benzene rings is 2. The lowest BCUT2D eigenvalue weighted by Crippen LogP contribution is -2.15. The maximum atomic E-state index is 13.4. The number of carbonyl (C=O) groups excluding carboxylic acids is 1. The van der Waals surface area contributed by atoms with Crippen molar-refractivity contribution in [1.82, 2.24) is 14.4 Å². The van der Waals surface area contributed by atoms with Gasteiger partial charge in [-0.2, -0.15) is 0 Å². The van der Waals surface area contributed by atoms with Crippen LogP contribution in [0.5, 0.6) is 0 Å². The first-order valence-electron chi connectivity index (χ1n) is 11.4. The molecule has 6 rings (SSSR count). The van der Waals surface area contributed by atoms with Crippen LogP contribution >= 0.6 is 11.3 Å². The van der Waals surface area contributed by atoms with Crippen LogP contribution in [0.15, 0.2) is 71.0 Å². The third kappa shape index (κ3) is 3.94. The van der Waals surface area contributed by atoms with Gasteiger partial charge in [0.1, 0.15) is 6.61 Å². The van der Waals surface area contributed by atoms with Crippen LogP contribution in [0.1, 0.15) is 44.9 Å². The van der Waals surface area contributed by atoms with Crippen molar-refractivity contribution in [2.75, 3.05) is 0 Å². The van der Waals surface area contributed by atoms with Crippen molar-refractivity contribution in [3.8, 4) is 0 Å². The molecule has 0 atom stereocenters. The minimum absolute atomic E-state index is 0.0695. The molecule has 172 valence electrons. The van der Waals surface area contributed by atoms with E-state index in [9.17, 15) is 9.59 Å². The Kier molecular flexibility index (Phi) is 5.26. The number of carbonyl (C=O) groups is 1. The predicted molar refractivity (Wildman–Crippen MR) is 138 cm³/mol. The van der Waals surface area contributed by atoms with Gasteiger partial charge in [0.2, 0.25) is 0 Å². The zero-order chi connectivity index (χ0) is 23.9. The first-order chi connectivity index (χ1) is 17.1. The third-order valence-corrected chi connectivity index (χ3v) is 7.03. The van der Waals surface area contributed by atoms with Crippen molar-refractivity contribution < 1.29 is 9.53 Å². The van der Waals surface area contributed by atoms with Gasteiger partial charge in [0.25, 0.3) is 5.56 Å². The van der Waals surface area contributed by atoms with Crippen molar-refractivity contribution in [2.45, 2.75) is 26.4 Å². The van der Waals surface area contributed by atoms with Crippen molar-refractivity contribution in [3.63, 3.8) is 0 Å². The number of fused-ring (bicyclic) bond motifs is 3. The highest BCUT2D eigenvalue weighted by Gasteiger charge is 2.27. The van der Waals surface area contributed by atoms with Gasteiger partial charge in [-0.25, -0.2) is 14.8 Å². The molecular formula is C28H21N3O3S. The lowest BCUT2D eigenvalue weighted by molar-refractivity contribution is 0.0469. The summed E-state index contributed by atoms with van der Waals surface area (Å²) in [6.45, 7) is 2.00. The molecule has 3 aromatic heterocycles. The summed E-state index contributed by atoms with van der Waals surface area (Å²) in [5, 5.41) is 2.57. The number of rotatable bonds is 4. The van der Waals surface area contributed by atoms with Gasteiger partial charge in [0.15, 0.2) is 4.96 Å². The van der Waals surface area contributed by atoms with E-state index >= 15 is 0 Å². The summed E-state index contributed by atoms with van der Waals surface area (Å²) in [6.07, 6.45) is 5.35. The highest BCUT2D eigenvalue weighted by atomic mass is 32.1. The largest absolute Gasteiger partial charge is 0.456 e. The fourth-order valence-corrected chi connectivity index (χ4v) is 5.29. The quantitative estimate of drug-likeness (QED) is 0.320. The molecule has 1 aliphatic rings. The highest BCUT2D eigenvalue weighted by Crippen LogP contribution is 2.38. The van der Waals surface area contributed by atoms with Gasteiger partial charge < -0.3 is 4.74 Å². The number of nitrogens with zero attached hydrogens (tertiary/aromatic N) is 3. The molecule has 35 heavy (non-hydrogen) atoms. The van der Waals surface area contributed by atoms with Crippen LogP contribution in [0.4, 0.5) is 0 Å². The first kappa shape index (κ1) is 21.4. The number of esters is 1. The SMILES string of the molecule is Cc1ccc(/C=C2\CCc3c2nc2ccccc2c3C(=O)OCc2cc(=O)n3ccsc3n2)cc1. The second kappa shape index (κ2) is 8.60. The molecule has 5 aromatic rings. The Morgan fingerprint density at radius 3 is 2.80 bits per heavy atom. The second-order valence-electron chi connectivity index (χ2n) is 8.63. The number of aryl methyl sites for hydroxylation is 1. The topological polar surface area (TPSA) is 73.6 Å². The van der Waals surface area contributed by atoms with Crippen LogP contribution in [0.25, 0.3) is 27.5 Å². The first-order valence-corrected chi connectivity index (χ1v) is 12.3. The number of ether oxygens (including phenoxy) is 1. The van der Waals surface area contributed by atoms with Gasteiger partial charge in [0, 0.05) is 23.0 Å². The molecule has 7 heteroatoms. The number of hydrogen-bond acceptors (Lipinski definition) is 6. The number of hydrogen-bond donors (Lipinski definition) is 0. The summed E-state index contributed by atoms with van der Waals surface area (Å²) >= 11 is 1.36. The van der Waals surface area contributed by atoms with E-state index in [0.717, 1.165) is 46.1 Å². The molecule has 0 radical (unpaired) electrons. The summed E-state index contributed by atoms with van der Waals surface area (Å²) in [6, 6.07) is 17.4. The van der Waals surface area contributed by atoms with Gasteiger partial charge in [-0.05, 0) is 48.6 Å². The Hall–Kier alpha value is -4.10. The smallest absolute Gasteiger partial charge is 0.339 e. The summed E-state index contributed by atoms with van der Waals surface area (Å²) in [4.78, 5) is 35.6. The van der Waals surface area contributed by atoms with Gasteiger partial charge in [0.05, 0.1) is 22.5 Å². The molecule has 0 N–H and O–H groups in total. The molecule has 2 aromatic carbocycles. The molecule has 0 unspecified atom stereocenters. The molecule has 6 nitrogen and oxygen atoms in total. The van der Waals surface area contributed by atoms with Crippen LogP contribution in [0, 0.1) is 6.92 Å². The Bertz CT molecular complexity index is 1700. The van der Waals surface area contributed by atoms with E-state index in [0.29, 0.717) is 16.2 Å². The Morgan fingerprint density at radius 2 is 1.94 bits per heavy atom. The monoisotopic (exact) mass is 479 g/mol. The lowest BCUT2D eigenvalue weighted by Gasteiger charge is -2.12. The number of para-hydroxylation sites is 1. The summed E-state index contributed by atoms with van der Waals surface area (Å²) in [5.41, 5.74) is 6.74. The van der Waals surface area contributed by atoms with Crippen LogP contribution in [-0.2, 0) is 17.8 Å². The maximum absolute atomic E-state index is 13.4. The van der Waals surface area contributed by atoms with Crippen LogP contribution < -0.4 is 5.56 Å². The van der Waals surface area contributed by atoms with Crippen LogP contribution in [-0.4, -0.2) is 20.3 Å². The van der Waals surface area contributed by atoms with Gasteiger partial charge in [-0.15, -0.1) is 11.3 Å². The third-order valence-electron chi connectivity index (χ3n) is 6.27. The van der Waals surface area contributed by atoms with Gasteiger partial charge in [-0.3, -0.25) is 9.20 Å². The Morgan fingerprint density at radius 1 is 1.11 bits per heavy atom. The summed E-state index contributed by atoms with van der Waals surface area (Å²) in [5.74, 6) is -0.426. The molecule has 0 aliphatic heterocycles. The minimum Gasteiger partial charge on any atom is -0.456 e. The van der Waals surface area contributed by atoms with Crippen LogP contribution in [0.2, 0.25) is 0 Å². The second-order valence-corrected chi connectivity index (χ2v) is 9.50. The van der Waals surface area contributed by atoms with E-state index in [1.807, 2.05) is 24.3 Å². The molecule has 0 saturated heterocycles.